The van der Waals surface area contributed by atoms with E-state index in [0.717, 1.165) is 25.7 Å². The van der Waals surface area contributed by atoms with Crippen molar-refractivity contribution in [2.45, 2.75) is 73.6 Å². The maximum Gasteiger partial charge on any atom is 0.161 e. The first kappa shape index (κ1) is 23.6. The van der Waals surface area contributed by atoms with Gasteiger partial charge in [-0.25, -0.2) is 0 Å². The third-order valence-corrected chi connectivity index (χ3v) is 2.81. The Morgan fingerprint density at radius 1 is 0.957 bits per heavy atom. The van der Waals surface area contributed by atoms with Crippen LogP contribution in [0.25, 0.3) is 0 Å². The number of ketones is 2. The summed E-state index contributed by atoms with van der Waals surface area (Å²) < 4.78 is 5.54. The fourth-order valence-corrected chi connectivity index (χ4v) is 1.71. The second kappa shape index (κ2) is 16.7. The summed E-state index contributed by atoms with van der Waals surface area (Å²) in [6.07, 6.45) is 7.82. The van der Waals surface area contributed by atoms with Gasteiger partial charge >= 0.3 is 0 Å². The van der Waals surface area contributed by atoms with E-state index in [1.807, 2.05) is 27.7 Å². The van der Waals surface area contributed by atoms with E-state index >= 15 is 0 Å². The minimum Gasteiger partial charge on any atom is -0.492 e. The Hall–Kier alpha value is -1.71. The number of hydrogen-bond acceptors (Lipinski definition) is 4. The molecule has 0 radical (unpaired) electrons. The lowest BCUT2D eigenvalue weighted by Crippen LogP contribution is -2.00. The molecule has 1 heterocycles. The molecule has 0 unspecified atom stereocenters. The van der Waals surface area contributed by atoms with Crippen molar-refractivity contribution < 1.29 is 14.3 Å². The molecule has 0 aliphatic rings. The Bertz CT molecular complexity index is 430. The predicted octanol–water partition coefficient (Wildman–Crippen LogP) is 5.25. The van der Waals surface area contributed by atoms with Gasteiger partial charge < -0.3 is 9.53 Å². The van der Waals surface area contributed by atoms with Crippen LogP contribution in [0.4, 0.5) is 0 Å². The summed E-state index contributed by atoms with van der Waals surface area (Å²) in [5.74, 6) is 0.877. The maximum absolute atomic E-state index is 11.2. The lowest BCUT2D eigenvalue weighted by Gasteiger charge is -2.06. The summed E-state index contributed by atoms with van der Waals surface area (Å²) in [5.41, 5.74) is 0.568. The molecule has 0 amide bonds. The molecule has 0 atom stereocenters. The Morgan fingerprint density at radius 3 is 2.13 bits per heavy atom. The number of rotatable bonds is 9. The number of aromatic nitrogens is 1. The van der Waals surface area contributed by atoms with E-state index in [0.29, 0.717) is 24.3 Å². The molecule has 0 aliphatic heterocycles. The maximum atomic E-state index is 11.2. The van der Waals surface area contributed by atoms with Crippen molar-refractivity contribution in [2.24, 2.45) is 0 Å². The molecule has 0 fully saturated rings. The van der Waals surface area contributed by atoms with Crippen molar-refractivity contribution in [1.82, 2.24) is 4.98 Å². The summed E-state index contributed by atoms with van der Waals surface area (Å²) in [4.78, 5) is 25.9. The van der Waals surface area contributed by atoms with Gasteiger partial charge in [0.05, 0.1) is 12.8 Å². The van der Waals surface area contributed by atoms with Gasteiger partial charge in [-0.2, -0.15) is 0 Å². The van der Waals surface area contributed by atoms with Crippen LogP contribution in [-0.4, -0.2) is 23.2 Å². The first-order valence-electron chi connectivity index (χ1n) is 8.68. The summed E-state index contributed by atoms with van der Waals surface area (Å²) in [7, 11) is 0. The molecule has 0 aromatic carbocycles. The van der Waals surface area contributed by atoms with Crippen LogP contribution in [0.3, 0.4) is 0 Å². The van der Waals surface area contributed by atoms with Gasteiger partial charge in [-0.1, -0.05) is 40.5 Å². The smallest absolute Gasteiger partial charge is 0.161 e. The Labute approximate surface area is 141 Å². The molecule has 0 aliphatic carbocycles. The van der Waals surface area contributed by atoms with Crippen molar-refractivity contribution >= 4 is 11.6 Å². The largest absolute Gasteiger partial charge is 0.492 e. The highest BCUT2D eigenvalue weighted by Gasteiger charge is 2.02. The van der Waals surface area contributed by atoms with Crippen LogP contribution in [0.5, 0.6) is 5.75 Å². The lowest BCUT2D eigenvalue weighted by molar-refractivity contribution is -0.117. The van der Waals surface area contributed by atoms with Gasteiger partial charge in [0.15, 0.2) is 5.78 Å². The molecule has 1 aromatic heterocycles. The molecule has 0 saturated heterocycles. The van der Waals surface area contributed by atoms with Crippen molar-refractivity contribution in [3.63, 3.8) is 0 Å². The molecule has 23 heavy (non-hydrogen) atoms. The standard InChI is InChI=1S/C15H21NO3.2C2H6/c1-12(17)7-5-3-4-6-8-19-15-9-14(13(2)18)10-16-11-15;2*1-2/h9-11H,3-8H2,1-2H3;2*1-2H3. The third kappa shape index (κ3) is 13.7. The number of unbranched alkanes of at least 4 members (excludes halogenated alkanes) is 3. The van der Waals surface area contributed by atoms with Gasteiger partial charge in [-0.05, 0) is 32.8 Å². The summed E-state index contributed by atoms with van der Waals surface area (Å²) in [6, 6.07) is 1.71. The predicted molar refractivity (Wildman–Crippen MR) is 96.2 cm³/mol. The summed E-state index contributed by atoms with van der Waals surface area (Å²) in [6.45, 7) is 11.7. The van der Waals surface area contributed by atoms with Gasteiger partial charge in [-0.15, -0.1) is 0 Å². The van der Waals surface area contributed by atoms with Crippen molar-refractivity contribution in [3.8, 4) is 5.75 Å². The highest BCUT2D eigenvalue weighted by Crippen LogP contribution is 2.12. The van der Waals surface area contributed by atoms with E-state index < -0.39 is 0 Å². The highest BCUT2D eigenvalue weighted by atomic mass is 16.5. The van der Waals surface area contributed by atoms with E-state index in [1.54, 1.807) is 19.2 Å². The van der Waals surface area contributed by atoms with Gasteiger partial charge in [-0.3, -0.25) is 9.78 Å². The van der Waals surface area contributed by atoms with Crippen molar-refractivity contribution in [1.29, 1.82) is 0 Å². The van der Waals surface area contributed by atoms with Crippen molar-refractivity contribution in [2.75, 3.05) is 6.61 Å². The van der Waals surface area contributed by atoms with Gasteiger partial charge in [0.25, 0.3) is 0 Å². The third-order valence-electron chi connectivity index (χ3n) is 2.81. The zero-order chi connectivity index (χ0) is 18.1. The minimum absolute atomic E-state index is 0.0119. The Kier molecular flexibility index (Phi) is 17.1. The zero-order valence-electron chi connectivity index (χ0n) is 15.6. The fraction of sp³-hybridized carbons (Fsp3) is 0.632. The average Bonchev–Trinajstić information content (AvgIpc) is 2.57. The van der Waals surface area contributed by atoms with E-state index in [2.05, 4.69) is 4.98 Å². The van der Waals surface area contributed by atoms with Gasteiger partial charge in [0.2, 0.25) is 0 Å². The minimum atomic E-state index is -0.0119. The second-order valence-corrected chi connectivity index (χ2v) is 4.68. The molecule has 0 N–H and O–H groups in total. The Morgan fingerprint density at radius 2 is 1.57 bits per heavy atom. The fourth-order valence-electron chi connectivity index (χ4n) is 1.71. The SMILES string of the molecule is CC.CC.CC(=O)CCCCCCOc1cncc(C(C)=O)c1. The molecule has 4 nitrogen and oxygen atoms in total. The van der Waals surface area contributed by atoms with Crippen LogP contribution in [0.2, 0.25) is 0 Å². The molecule has 1 rings (SSSR count). The number of ether oxygens (including phenoxy) is 1. The van der Waals surface area contributed by atoms with Crippen LogP contribution in [-0.2, 0) is 4.79 Å². The van der Waals surface area contributed by atoms with Crippen LogP contribution >= 0.6 is 0 Å². The number of nitrogens with zero attached hydrogens (tertiary/aromatic N) is 1. The molecular formula is C19H33NO3. The zero-order valence-corrected chi connectivity index (χ0v) is 15.6. The van der Waals surface area contributed by atoms with Crippen LogP contribution < -0.4 is 4.74 Å². The summed E-state index contributed by atoms with van der Waals surface area (Å²) >= 11 is 0. The number of hydrogen-bond donors (Lipinski definition) is 0. The Balaban J connectivity index is 0. The van der Waals surface area contributed by atoms with Gasteiger partial charge in [0.1, 0.15) is 11.5 Å². The lowest BCUT2D eigenvalue weighted by atomic mass is 10.1. The average molecular weight is 323 g/mol. The molecule has 4 heteroatoms. The van der Waals surface area contributed by atoms with Crippen LogP contribution in [0, 0.1) is 0 Å². The van der Waals surface area contributed by atoms with E-state index in [1.165, 1.54) is 13.1 Å². The first-order chi connectivity index (χ1) is 11.1. The van der Waals surface area contributed by atoms with Gasteiger partial charge in [0, 0.05) is 18.2 Å². The van der Waals surface area contributed by atoms with Crippen LogP contribution in [0.1, 0.15) is 84.0 Å². The number of pyridine rings is 1. The topological polar surface area (TPSA) is 56.3 Å². The second-order valence-electron chi connectivity index (χ2n) is 4.68. The molecule has 132 valence electrons. The van der Waals surface area contributed by atoms with E-state index in [-0.39, 0.29) is 11.6 Å². The number of carbonyl (C=O) groups excluding carboxylic acids is 2. The molecular weight excluding hydrogens is 290 g/mol. The number of Topliss-reactive ketones (excluding diaryl/α,β-unsaturated/α-hetero) is 2. The molecule has 1 aromatic rings. The van der Waals surface area contributed by atoms with Crippen LogP contribution in [0.15, 0.2) is 18.5 Å². The normalized spacial score (nSPS) is 8.96. The highest BCUT2D eigenvalue weighted by molar-refractivity contribution is 5.94. The number of carbonyl (C=O) groups is 2. The first-order valence-corrected chi connectivity index (χ1v) is 8.68. The molecule has 0 saturated carbocycles. The van der Waals surface area contributed by atoms with Crippen molar-refractivity contribution in [3.05, 3.63) is 24.0 Å². The quantitative estimate of drug-likeness (QED) is 0.460. The van der Waals surface area contributed by atoms with E-state index in [9.17, 15) is 9.59 Å². The summed E-state index contributed by atoms with van der Waals surface area (Å²) in [5, 5.41) is 0. The monoisotopic (exact) mass is 323 g/mol. The van der Waals surface area contributed by atoms with E-state index in [4.69, 9.17) is 4.74 Å². The molecule has 0 bridgehead atoms. The molecule has 0 spiro atoms.